The molecule has 0 bridgehead atoms. The van der Waals surface area contributed by atoms with Crippen molar-refractivity contribution in [1.82, 2.24) is 9.80 Å². The van der Waals surface area contributed by atoms with Crippen molar-refractivity contribution in [2.24, 2.45) is 11.8 Å². The second-order valence-corrected chi connectivity index (χ2v) is 11.7. The molecule has 4 nitrogen and oxygen atoms in total. The highest BCUT2D eigenvalue weighted by atomic mass is 35.5. The molecule has 0 N–H and O–H groups in total. The molecular formula is C29H31Cl2FN2O2S. The first-order valence-corrected chi connectivity index (χ1v) is 14.5. The smallest absolute Gasteiger partial charge is 0.255 e. The fourth-order valence-corrected chi connectivity index (χ4v) is 6.80. The first-order valence-electron chi connectivity index (χ1n) is 12.8. The van der Waals surface area contributed by atoms with Crippen LogP contribution in [0, 0.1) is 17.7 Å². The zero-order valence-electron chi connectivity index (χ0n) is 20.6. The SMILES string of the molecule is O=C(c1ccc(Cl)cc1Cl)N1CC(CN2CCC(CCOc3ccc(F)cc3)CC2)C(c2ccsc2)C1. The Bertz CT molecular complexity index is 1180. The van der Waals surface area contributed by atoms with E-state index in [0.717, 1.165) is 51.2 Å². The van der Waals surface area contributed by atoms with Crippen molar-refractivity contribution in [2.75, 3.05) is 39.3 Å². The molecule has 2 aliphatic heterocycles. The summed E-state index contributed by atoms with van der Waals surface area (Å²) in [6.07, 6.45) is 3.30. The lowest BCUT2D eigenvalue weighted by atomic mass is 9.88. The van der Waals surface area contributed by atoms with E-state index in [2.05, 4.69) is 21.7 Å². The van der Waals surface area contributed by atoms with Gasteiger partial charge in [0, 0.05) is 30.6 Å². The molecule has 5 rings (SSSR count). The number of rotatable bonds is 8. The van der Waals surface area contributed by atoms with E-state index in [1.807, 2.05) is 4.90 Å². The minimum Gasteiger partial charge on any atom is -0.494 e. The predicted octanol–water partition coefficient (Wildman–Crippen LogP) is 7.23. The fourth-order valence-electron chi connectivity index (χ4n) is 5.58. The predicted molar refractivity (Wildman–Crippen MR) is 149 cm³/mol. The lowest BCUT2D eigenvalue weighted by molar-refractivity contribution is 0.0780. The number of carbonyl (C=O) groups is 1. The Hall–Kier alpha value is -2.12. The lowest BCUT2D eigenvalue weighted by Gasteiger charge is -2.34. The molecule has 3 aromatic rings. The fraction of sp³-hybridized carbons (Fsp3) is 0.414. The molecule has 2 unspecified atom stereocenters. The third-order valence-electron chi connectivity index (χ3n) is 7.67. The number of benzene rings is 2. The molecule has 0 radical (unpaired) electrons. The van der Waals surface area contributed by atoms with Crippen LogP contribution in [-0.2, 0) is 0 Å². The number of likely N-dealkylation sites (tertiary alicyclic amines) is 2. The summed E-state index contributed by atoms with van der Waals surface area (Å²) in [5.41, 5.74) is 1.83. The number of thiophene rings is 1. The summed E-state index contributed by atoms with van der Waals surface area (Å²) in [6, 6.07) is 13.5. The van der Waals surface area contributed by atoms with Gasteiger partial charge >= 0.3 is 0 Å². The highest BCUT2D eigenvalue weighted by molar-refractivity contribution is 7.08. The normalized spacial score (nSPS) is 20.9. The third kappa shape index (κ3) is 6.66. The first-order chi connectivity index (χ1) is 18.0. The van der Waals surface area contributed by atoms with E-state index in [0.29, 0.717) is 46.5 Å². The highest BCUT2D eigenvalue weighted by Gasteiger charge is 2.38. The third-order valence-corrected chi connectivity index (χ3v) is 8.92. The Morgan fingerprint density at radius 3 is 2.54 bits per heavy atom. The summed E-state index contributed by atoms with van der Waals surface area (Å²) in [4.78, 5) is 17.9. The molecule has 1 aromatic heterocycles. The first kappa shape index (κ1) is 26.5. The number of ether oxygens (including phenoxy) is 1. The summed E-state index contributed by atoms with van der Waals surface area (Å²) in [5.74, 6) is 1.79. The maximum Gasteiger partial charge on any atom is 0.255 e. The number of carbonyl (C=O) groups excluding carboxylic acids is 1. The summed E-state index contributed by atoms with van der Waals surface area (Å²) >= 11 is 14.1. The van der Waals surface area contributed by atoms with Crippen LogP contribution in [0.2, 0.25) is 10.0 Å². The Kier molecular flexibility index (Phi) is 8.71. The van der Waals surface area contributed by atoms with Crippen LogP contribution in [0.25, 0.3) is 0 Å². The summed E-state index contributed by atoms with van der Waals surface area (Å²) in [6.45, 7) is 5.19. The Morgan fingerprint density at radius 2 is 1.84 bits per heavy atom. The lowest BCUT2D eigenvalue weighted by Crippen LogP contribution is -2.39. The second kappa shape index (κ2) is 12.2. The molecule has 2 atom stereocenters. The number of piperidine rings is 1. The Balaban J connectivity index is 1.15. The Labute approximate surface area is 231 Å². The molecule has 0 aliphatic carbocycles. The molecule has 37 heavy (non-hydrogen) atoms. The van der Waals surface area contributed by atoms with E-state index >= 15 is 0 Å². The second-order valence-electron chi connectivity index (χ2n) is 10.1. The molecule has 196 valence electrons. The van der Waals surface area contributed by atoms with Gasteiger partial charge in [-0.25, -0.2) is 4.39 Å². The van der Waals surface area contributed by atoms with E-state index in [4.69, 9.17) is 27.9 Å². The number of amides is 1. The van der Waals surface area contributed by atoms with Crippen molar-refractivity contribution in [3.63, 3.8) is 0 Å². The average molecular weight is 562 g/mol. The van der Waals surface area contributed by atoms with Crippen LogP contribution in [0.15, 0.2) is 59.3 Å². The summed E-state index contributed by atoms with van der Waals surface area (Å²) < 4.78 is 18.9. The van der Waals surface area contributed by atoms with Gasteiger partial charge in [-0.2, -0.15) is 11.3 Å². The van der Waals surface area contributed by atoms with Gasteiger partial charge in [-0.05, 0) is 109 Å². The zero-order valence-corrected chi connectivity index (χ0v) is 23.0. The number of halogens is 3. The van der Waals surface area contributed by atoms with Gasteiger partial charge in [-0.3, -0.25) is 4.79 Å². The summed E-state index contributed by atoms with van der Waals surface area (Å²) in [5, 5.41) is 5.27. The van der Waals surface area contributed by atoms with Crippen molar-refractivity contribution < 1.29 is 13.9 Å². The number of hydrogen-bond acceptors (Lipinski definition) is 4. The van der Waals surface area contributed by atoms with E-state index in [9.17, 15) is 9.18 Å². The molecule has 2 aromatic carbocycles. The van der Waals surface area contributed by atoms with Gasteiger partial charge in [-0.15, -0.1) is 0 Å². The van der Waals surface area contributed by atoms with E-state index in [-0.39, 0.29) is 11.7 Å². The van der Waals surface area contributed by atoms with E-state index < -0.39 is 0 Å². The topological polar surface area (TPSA) is 32.8 Å². The Morgan fingerprint density at radius 1 is 1.05 bits per heavy atom. The van der Waals surface area contributed by atoms with Gasteiger partial charge in [0.25, 0.3) is 5.91 Å². The van der Waals surface area contributed by atoms with Crippen LogP contribution in [0.4, 0.5) is 4.39 Å². The van der Waals surface area contributed by atoms with Gasteiger partial charge in [0.2, 0.25) is 0 Å². The van der Waals surface area contributed by atoms with Crippen molar-refractivity contribution in [2.45, 2.75) is 25.2 Å². The maximum absolute atomic E-state index is 13.4. The minimum atomic E-state index is -0.246. The van der Waals surface area contributed by atoms with Crippen molar-refractivity contribution in [3.8, 4) is 5.75 Å². The van der Waals surface area contributed by atoms with Gasteiger partial charge in [-0.1, -0.05) is 23.2 Å². The van der Waals surface area contributed by atoms with Crippen LogP contribution < -0.4 is 4.74 Å². The molecule has 2 saturated heterocycles. The largest absolute Gasteiger partial charge is 0.494 e. The molecule has 0 saturated carbocycles. The molecule has 1 amide bonds. The van der Waals surface area contributed by atoms with Crippen LogP contribution in [0.1, 0.15) is 41.1 Å². The van der Waals surface area contributed by atoms with E-state index in [1.54, 1.807) is 41.7 Å². The highest BCUT2D eigenvalue weighted by Crippen LogP contribution is 2.36. The molecular weight excluding hydrogens is 530 g/mol. The standard InChI is InChI=1S/C29H31Cl2FN2O2S/c30-23-1-6-26(28(31)15-23)29(35)34-17-22(27(18-34)21-10-14-37-19-21)16-33-11-7-20(8-12-33)9-13-36-25-4-2-24(32)3-5-25/h1-6,10,14-15,19-20,22,27H,7-9,11-13,16-18H2. The molecule has 2 aliphatic rings. The minimum absolute atomic E-state index is 0.0238. The average Bonchev–Trinajstić information content (AvgIpc) is 3.56. The van der Waals surface area contributed by atoms with Crippen molar-refractivity contribution in [1.29, 1.82) is 0 Å². The number of nitrogens with zero attached hydrogens (tertiary/aromatic N) is 2. The molecule has 3 heterocycles. The monoisotopic (exact) mass is 560 g/mol. The van der Waals surface area contributed by atoms with Gasteiger partial charge in [0.15, 0.2) is 0 Å². The van der Waals surface area contributed by atoms with Crippen molar-refractivity contribution in [3.05, 3.63) is 86.3 Å². The van der Waals surface area contributed by atoms with E-state index in [1.165, 1.54) is 17.7 Å². The maximum atomic E-state index is 13.4. The van der Waals surface area contributed by atoms with Crippen LogP contribution in [-0.4, -0.2) is 55.0 Å². The molecule has 8 heteroatoms. The molecule has 0 spiro atoms. The van der Waals surface area contributed by atoms with Crippen LogP contribution in [0.3, 0.4) is 0 Å². The van der Waals surface area contributed by atoms with Crippen LogP contribution in [0.5, 0.6) is 5.75 Å². The quantitative estimate of drug-likeness (QED) is 0.291. The van der Waals surface area contributed by atoms with Crippen molar-refractivity contribution >= 4 is 40.4 Å². The van der Waals surface area contributed by atoms with Gasteiger partial charge in [0.1, 0.15) is 11.6 Å². The van der Waals surface area contributed by atoms with Gasteiger partial charge in [0.05, 0.1) is 17.2 Å². The zero-order chi connectivity index (χ0) is 25.8. The molecule has 2 fully saturated rings. The van der Waals surface area contributed by atoms with Gasteiger partial charge < -0.3 is 14.5 Å². The summed E-state index contributed by atoms with van der Waals surface area (Å²) in [7, 11) is 0. The number of hydrogen-bond donors (Lipinski definition) is 0. The van der Waals surface area contributed by atoms with Crippen LogP contribution >= 0.6 is 34.5 Å².